The van der Waals surface area contributed by atoms with Crippen LogP contribution in [0.15, 0.2) is 41.1 Å². The SMILES string of the molecule is CCc1noc2ncc(C(=O)NCC(N)c3ccc(N(C)C)cc3)cc12. The summed E-state index contributed by atoms with van der Waals surface area (Å²) in [5.74, 6) is -0.219. The number of anilines is 1. The lowest BCUT2D eigenvalue weighted by molar-refractivity contribution is 0.0951. The molecular formula is C19H23N5O2. The second-order valence-corrected chi connectivity index (χ2v) is 6.36. The van der Waals surface area contributed by atoms with Crippen LogP contribution in [0.3, 0.4) is 0 Å². The molecule has 0 aliphatic rings. The van der Waals surface area contributed by atoms with Crippen LogP contribution in [-0.4, -0.2) is 36.7 Å². The van der Waals surface area contributed by atoms with Gasteiger partial charge in [0.05, 0.1) is 16.6 Å². The first-order valence-electron chi connectivity index (χ1n) is 8.55. The summed E-state index contributed by atoms with van der Waals surface area (Å²) in [5.41, 5.74) is 9.96. The highest BCUT2D eigenvalue weighted by atomic mass is 16.5. The van der Waals surface area contributed by atoms with Crippen molar-refractivity contribution in [2.75, 3.05) is 25.5 Å². The molecule has 136 valence electrons. The van der Waals surface area contributed by atoms with Gasteiger partial charge in [-0.25, -0.2) is 4.98 Å². The second kappa shape index (κ2) is 7.53. The largest absolute Gasteiger partial charge is 0.378 e. The molecule has 0 spiro atoms. The topological polar surface area (TPSA) is 97.3 Å². The van der Waals surface area contributed by atoms with Crippen LogP contribution in [0.4, 0.5) is 5.69 Å². The van der Waals surface area contributed by atoms with E-state index in [0.717, 1.165) is 22.3 Å². The molecule has 0 bridgehead atoms. The molecule has 1 aromatic carbocycles. The van der Waals surface area contributed by atoms with Crippen LogP contribution in [0.1, 0.15) is 34.6 Å². The third kappa shape index (κ3) is 3.67. The van der Waals surface area contributed by atoms with Crippen LogP contribution in [0.25, 0.3) is 11.1 Å². The number of nitrogens with zero attached hydrogens (tertiary/aromatic N) is 3. The molecule has 7 heteroatoms. The van der Waals surface area contributed by atoms with Crippen molar-refractivity contribution in [3.63, 3.8) is 0 Å². The summed E-state index contributed by atoms with van der Waals surface area (Å²) in [7, 11) is 3.97. The second-order valence-electron chi connectivity index (χ2n) is 6.36. The van der Waals surface area contributed by atoms with Crippen LogP contribution in [0.5, 0.6) is 0 Å². The molecule has 0 fully saturated rings. The summed E-state index contributed by atoms with van der Waals surface area (Å²) >= 11 is 0. The molecule has 26 heavy (non-hydrogen) atoms. The van der Waals surface area contributed by atoms with Gasteiger partial charge in [-0.3, -0.25) is 4.79 Å². The minimum absolute atomic E-state index is 0.219. The van der Waals surface area contributed by atoms with E-state index in [0.29, 0.717) is 24.2 Å². The van der Waals surface area contributed by atoms with Crippen molar-refractivity contribution < 1.29 is 9.32 Å². The van der Waals surface area contributed by atoms with Crippen molar-refractivity contribution >= 4 is 22.7 Å². The monoisotopic (exact) mass is 353 g/mol. The third-order valence-electron chi connectivity index (χ3n) is 4.32. The molecule has 2 aromatic heterocycles. The molecule has 3 N–H and O–H groups in total. The van der Waals surface area contributed by atoms with Gasteiger partial charge in [0, 0.05) is 38.6 Å². The van der Waals surface area contributed by atoms with Gasteiger partial charge in [0.2, 0.25) is 0 Å². The normalized spacial score (nSPS) is 12.2. The number of hydrogen-bond acceptors (Lipinski definition) is 6. The van der Waals surface area contributed by atoms with E-state index in [2.05, 4.69) is 15.5 Å². The Morgan fingerprint density at radius 1 is 1.31 bits per heavy atom. The highest BCUT2D eigenvalue weighted by Crippen LogP contribution is 2.19. The summed E-state index contributed by atoms with van der Waals surface area (Å²) < 4.78 is 5.14. The lowest BCUT2D eigenvalue weighted by Gasteiger charge is -2.16. The predicted octanol–water partition coefficient (Wildman–Crippen LogP) is 2.28. The van der Waals surface area contributed by atoms with E-state index in [1.807, 2.05) is 50.2 Å². The average molecular weight is 353 g/mol. The summed E-state index contributed by atoms with van der Waals surface area (Å²) in [6.07, 6.45) is 2.20. The number of fused-ring (bicyclic) bond motifs is 1. The van der Waals surface area contributed by atoms with Gasteiger partial charge in [0.25, 0.3) is 11.6 Å². The number of aryl methyl sites for hydroxylation is 1. The standard InChI is InChI=1S/C19H23N5O2/c1-4-17-15-9-13(10-22-19(15)26-23-17)18(25)21-11-16(20)12-5-7-14(8-6-12)24(2)3/h5-10,16H,4,11,20H2,1-3H3,(H,21,25). The maximum Gasteiger partial charge on any atom is 0.257 e. The van der Waals surface area contributed by atoms with Crippen molar-refractivity contribution in [3.05, 3.63) is 53.3 Å². The van der Waals surface area contributed by atoms with E-state index >= 15 is 0 Å². The van der Waals surface area contributed by atoms with Gasteiger partial charge in [-0.15, -0.1) is 0 Å². The maximum atomic E-state index is 12.4. The number of aromatic nitrogens is 2. The first kappa shape index (κ1) is 17.9. The molecule has 0 saturated carbocycles. The average Bonchev–Trinajstić information content (AvgIpc) is 3.08. The number of amides is 1. The maximum absolute atomic E-state index is 12.4. The smallest absolute Gasteiger partial charge is 0.257 e. The Morgan fingerprint density at radius 2 is 2.04 bits per heavy atom. The fourth-order valence-corrected chi connectivity index (χ4v) is 2.70. The third-order valence-corrected chi connectivity index (χ3v) is 4.32. The Kier molecular flexibility index (Phi) is 5.18. The zero-order valence-corrected chi connectivity index (χ0v) is 15.2. The van der Waals surface area contributed by atoms with Crippen molar-refractivity contribution in [3.8, 4) is 0 Å². The predicted molar refractivity (Wildman–Crippen MR) is 101 cm³/mol. The molecule has 3 aromatic rings. The van der Waals surface area contributed by atoms with Gasteiger partial charge in [0.1, 0.15) is 0 Å². The van der Waals surface area contributed by atoms with E-state index in [4.69, 9.17) is 10.3 Å². The lowest BCUT2D eigenvalue weighted by atomic mass is 10.1. The summed E-state index contributed by atoms with van der Waals surface area (Å²) in [5, 5.41) is 7.59. The van der Waals surface area contributed by atoms with Crippen LogP contribution >= 0.6 is 0 Å². The van der Waals surface area contributed by atoms with Crippen LogP contribution in [0, 0.1) is 0 Å². The number of hydrogen-bond donors (Lipinski definition) is 2. The number of carbonyl (C=O) groups excluding carboxylic acids is 1. The molecular weight excluding hydrogens is 330 g/mol. The van der Waals surface area contributed by atoms with E-state index in [1.165, 1.54) is 6.20 Å². The van der Waals surface area contributed by atoms with E-state index in [9.17, 15) is 4.79 Å². The summed E-state index contributed by atoms with van der Waals surface area (Å²) in [6.45, 7) is 2.31. The number of nitrogens with one attached hydrogen (secondary N) is 1. The van der Waals surface area contributed by atoms with Gasteiger partial charge in [-0.2, -0.15) is 0 Å². The molecule has 1 atom stereocenters. The van der Waals surface area contributed by atoms with Gasteiger partial charge in [-0.05, 0) is 30.2 Å². The Balaban J connectivity index is 1.66. The molecule has 0 aliphatic carbocycles. The lowest BCUT2D eigenvalue weighted by Crippen LogP contribution is -2.32. The molecule has 0 radical (unpaired) electrons. The van der Waals surface area contributed by atoms with Crippen molar-refractivity contribution in [2.45, 2.75) is 19.4 Å². The fraction of sp³-hybridized carbons (Fsp3) is 0.316. The van der Waals surface area contributed by atoms with E-state index in [1.54, 1.807) is 6.07 Å². The highest BCUT2D eigenvalue weighted by molar-refractivity contribution is 5.97. The minimum atomic E-state index is -0.284. The number of benzene rings is 1. The molecule has 7 nitrogen and oxygen atoms in total. The molecule has 1 amide bonds. The molecule has 0 aliphatic heterocycles. The number of nitrogens with two attached hydrogens (primary N) is 1. The van der Waals surface area contributed by atoms with Gasteiger partial charge in [0.15, 0.2) is 0 Å². The quantitative estimate of drug-likeness (QED) is 0.706. The van der Waals surface area contributed by atoms with E-state index in [-0.39, 0.29) is 11.9 Å². The number of pyridine rings is 1. The molecule has 2 heterocycles. The van der Waals surface area contributed by atoms with E-state index < -0.39 is 0 Å². The molecule has 3 rings (SSSR count). The molecule has 0 saturated heterocycles. The Morgan fingerprint density at radius 3 is 2.69 bits per heavy atom. The van der Waals surface area contributed by atoms with Crippen molar-refractivity contribution in [1.29, 1.82) is 0 Å². The van der Waals surface area contributed by atoms with Gasteiger partial charge < -0.3 is 20.5 Å². The van der Waals surface area contributed by atoms with Crippen LogP contribution < -0.4 is 16.0 Å². The fourth-order valence-electron chi connectivity index (χ4n) is 2.70. The van der Waals surface area contributed by atoms with Crippen molar-refractivity contribution in [2.24, 2.45) is 5.73 Å². The Hall–Kier alpha value is -2.93. The summed E-state index contributed by atoms with van der Waals surface area (Å²) in [6, 6.07) is 9.44. The highest BCUT2D eigenvalue weighted by Gasteiger charge is 2.14. The Bertz CT molecular complexity index is 902. The minimum Gasteiger partial charge on any atom is -0.378 e. The first-order chi connectivity index (χ1) is 12.5. The van der Waals surface area contributed by atoms with Crippen LogP contribution in [0.2, 0.25) is 0 Å². The molecule has 1 unspecified atom stereocenters. The van der Waals surface area contributed by atoms with Crippen LogP contribution in [-0.2, 0) is 6.42 Å². The number of carbonyl (C=O) groups is 1. The summed E-state index contributed by atoms with van der Waals surface area (Å²) in [4.78, 5) is 18.6. The zero-order valence-electron chi connectivity index (χ0n) is 15.2. The zero-order chi connectivity index (χ0) is 18.7. The Labute approximate surface area is 152 Å². The number of rotatable bonds is 6. The van der Waals surface area contributed by atoms with Gasteiger partial charge >= 0.3 is 0 Å². The van der Waals surface area contributed by atoms with Gasteiger partial charge in [-0.1, -0.05) is 24.2 Å². The first-order valence-corrected chi connectivity index (χ1v) is 8.55. The van der Waals surface area contributed by atoms with Crippen molar-refractivity contribution in [1.82, 2.24) is 15.5 Å².